The van der Waals surface area contributed by atoms with E-state index < -0.39 is 17.5 Å². The van der Waals surface area contributed by atoms with Crippen LogP contribution in [0.15, 0.2) is 36.9 Å². The van der Waals surface area contributed by atoms with E-state index in [0.29, 0.717) is 59.2 Å². The predicted octanol–water partition coefficient (Wildman–Crippen LogP) is 5.54. The molecule has 0 radical (unpaired) electrons. The molecule has 246 valence electrons. The highest BCUT2D eigenvalue weighted by atomic mass is 32.1. The van der Waals surface area contributed by atoms with Crippen molar-refractivity contribution in [1.29, 1.82) is 10.5 Å². The Labute approximate surface area is 280 Å². The lowest BCUT2D eigenvalue weighted by Crippen LogP contribution is -2.44. The number of benzene rings is 2. The number of hydrogen-bond donors (Lipinski definition) is 1. The normalized spacial score (nSPS) is 23.7. The van der Waals surface area contributed by atoms with Crippen LogP contribution in [0.25, 0.3) is 32.1 Å². The van der Waals surface area contributed by atoms with Crippen LogP contribution in [0.2, 0.25) is 0 Å². The van der Waals surface area contributed by atoms with Crippen molar-refractivity contribution in [2.75, 3.05) is 43.9 Å². The number of thiophene rings is 1. The van der Waals surface area contributed by atoms with E-state index in [1.54, 1.807) is 23.1 Å². The maximum absolute atomic E-state index is 14.9. The Morgan fingerprint density at radius 2 is 2.08 bits per heavy atom. The Morgan fingerprint density at radius 1 is 1.27 bits per heavy atom. The average Bonchev–Trinajstić information content (AvgIpc) is 3.82. The molecule has 2 aromatic carbocycles. The summed E-state index contributed by atoms with van der Waals surface area (Å²) < 4.78 is 36.0. The van der Waals surface area contributed by atoms with E-state index >= 15 is 0 Å². The Bertz CT molecular complexity index is 2070. The zero-order valence-corrected chi connectivity index (χ0v) is 27.5. The number of amides is 1. The number of likely N-dealkylation sites (tertiary alicyclic amines) is 1. The first-order valence-corrected chi connectivity index (χ1v) is 16.8. The van der Waals surface area contributed by atoms with E-state index in [9.17, 15) is 24.1 Å². The third-order valence-corrected chi connectivity index (χ3v) is 11.4. The standard InChI is InChI=1S/C35H34F2N8O2S/c1-4-29(46)45-11-8-28(19(45)2)43(3)33-24-12-20(15-38)23(22-6-7-26(37)31-30(22)25(16-39)32(40)48-31)13-27(24)41-34(42-33)47-18-35-9-5-10-44(35)17-21(36)14-35/h4,6-7,12-13,19,21,28H,1,5,8-11,14,17-18,40H2,2-3H3/t19-,21-,28?,35+/m1/s1. The number of alkyl halides is 1. The van der Waals surface area contributed by atoms with Crippen LogP contribution in [-0.2, 0) is 4.79 Å². The monoisotopic (exact) mass is 668 g/mol. The quantitative estimate of drug-likeness (QED) is 0.252. The van der Waals surface area contributed by atoms with Crippen LogP contribution < -0.4 is 15.4 Å². The van der Waals surface area contributed by atoms with Crippen molar-refractivity contribution in [2.24, 2.45) is 0 Å². The summed E-state index contributed by atoms with van der Waals surface area (Å²) in [5.74, 6) is -0.142. The van der Waals surface area contributed by atoms with Crippen molar-refractivity contribution in [2.45, 2.75) is 56.4 Å². The SMILES string of the molecule is C=CC(=O)N1CCC(N(C)c2nc(OC[C@@]34CCCN3C[C@H](F)C4)nc3cc(-c4ccc(F)c5sc(N)c(C#N)c45)c(C#N)cc23)[C@H]1C. The van der Waals surface area contributed by atoms with E-state index in [1.165, 1.54) is 12.1 Å². The second-order valence-electron chi connectivity index (χ2n) is 12.9. The number of likely N-dealkylation sites (N-methyl/N-ethyl adjacent to an activating group) is 1. The molecule has 1 amide bonds. The first-order chi connectivity index (χ1) is 23.1. The number of nitrogens with two attached hydrogens (primary N) is 1. The highest BCUT2D eigenvalue weighted by Gasteiger charge is 2.49. The summed E-state index contributed by atoms with van der Waals surface area (Å²) in [4.78, 5) is 28.2. The maximum atomic E-state index is 14.9. The smallest absolute Gasteiger partial charge is 0.319 e. The van der Waals surface area contributed by atoms with Crippen molar-refractivity contribution in [3.63, 3.8) is 0 Å². The van der Waals surface area contributed by atoms with Gasteiger partial charge in [0.25, 0.3) is 0 Å². The zero-order valence-electron chi connectivity index (χ0n) is 26.7. The van der Waals surface area contributed by atoms with Gasteiger partial charge < -0.3 is 20.3 Å². The van der Waals surface area contributed by atoms with Crippen molar-refractivity contribution < 1.29 is 18.3 Å². The zero-order chi connectivity index (χ0) is 33.9. The largest absolute Gasteiger partial charge is 0.461 e. The molecular weight excluding hydrogens is 635 g/mol. The Morgan fingerprint density at radius 3 is 2.83 bits per heavy atom. The van der Waals surface area contributed by atoms with Crippen LogP contribution >= 0.6 is 11.3 Å². The molecule has 3 aliphatic rings. The lowest BCUT2D eigenvalue weighted by Gasteiger charge is -2.33. The summed E-state index contributed by atoms with van der Waals surface area (Å²) in [5, 5.41) is 21.4. The molecule has 3 saturated heterocycles. The molecule has 3 aliphatic heterocycles. The number of nitrogen functional groups attached to an aromatic ring is 1. The molecule has 5 heterocycles. The van der Waals surface area contributed by atoms with E-state index in [2.05, 4.69) is 23.6 Å². The maximum Gasteiger partial charge on any atom is 0.319 e. The second kappa shape index (κ2) is 12.0. The van der Waals surface area contributed by atoms with Crippen LogP contribution in [0, 0.1) is 28.5 Å². The number of ether oxygens (including phenoxy) is 1. The molecule has 4 aromatic rings. The minimum atomic E-state index is -0.915. The molecular formula is C35H34F2N8O2S. The Hall–Kier alpha value is -4.85. The van der Waals surface area contributed by atoms with Gasteiger partial charge >= 0.3 is 6.01 Å². The fourth-order valence-corrected chi connectivity index (χ4v) is 8.94. The molecule has 1 unspecified atom stereocenters. The number of rotatable bonds is 7. The lowest BCUT2D eigenvalue weighted by molar-refractivity contribution is -0.126. The van der Waals surface area contributed by atoms with Gasteiger partial charge in [-0.05, 0) is 62.6 Å². The van der Waals surface area contributed by atoms with Crippen molar-refractivity contribution in [3.05, 3.63) is 53.9 Å². The van der Waals surface area contributed by atoms with Crippen LogP contribution in [0.5, 0.6) is 6.01 Å². The Kier molecular flexibility index (Phi) is 7.93. The number of carbonyl (C=O) groups is 1. The Balaban J connectivity index is 1.38. The van der Waals surface area contributed by atoms with Gasteiger partial charge in [-0.1, -0.05) is 12.6 Å². The van der Waals surface area contributed by atoms with Gasteiger partial charge in [0.2, 0.25) is 5.91 Å². The molecule has 48 heavy (non-hydrogen) atoms. The first kappa shape index (κ1) is 31.7. The summed E-state index contributed by atoms with van der Waals surface area (Å²) >= 11 is 0.989. The van der Waals surface area contributed by atoms with Crippen LogP contribution in [0.1, 0.15) is 43.7 Å². The van der Waals surface area contributed by atoms with Gasteiger partial charge in [0.15, 0.2) is 0 Å². The summed E-state index contributed by atoms with van der Waals surface area (Å²) in [6, 6.07) is 10.5. The molecule has 2 N–H and O–H groups in total. The van der Waals surface area contributed by atoms with E-state index in [0.717, 1.165) is 30.7 Å². The minimum Gasteiger partial charge on any atom is -0.461 e. The number of nitrogens with zero attached hydrogens (tertiary/aromatic N) is 7. The van der Waals surface area contributed by atoms with Gasteiger partial charge in [0, 0.05) is 48.9 Å². The predicted molar refractivity (Wildman–Crippen MR) is 181 cm³/mol. The summed E-state index contributed by atoms with van der Waals surface area (Å²) in [6.45, 7) is 7.61. The number of halogens is 2. The van der Waals surface area contributed by atoms with Gasteiger partial charge in [-0.3, -0.25) is 9.69 Å². The fraction of sp³-hybridized carbons (Fsp3) is 0.400. The second-order valence-corrected chi connectivity index (χ2v) is 14.0. The van der Waals surface area contributed by atoms with Gasteiger partial charge in [-0.25, -0.2) is 8.78 Å². The number of carbonyl (C=O) groups excluding carboxylic acids is 1. The van der Waals surface area contributed by atoms with Gasteiger partial charge in [-0.15, -0.1) is 11.3 Å². The van der Waals surface area contributed by atoms with Crippen LogP contribution in [0.4, 0.5) is 19.6 Å². The van der Waals surface area contributed by atoms with E-state index in [-0.39, 0.29) is 51.4 Å². The third-order valence-electron chi connectivity index (χ3n) is 10.4. The topological polar surface area (TPSA) is 135 Å². The number of fused-ring (bicyclic) bond motifs is 3. The van der Waals surface area contributed by atoms with Crippen molar-refractivity contribution in [1.82, 2.24) is 19.8 Å². The average molecular weight is 669 g/mol. The summed E-state index contributed by atoms with van der Waals surface area (Å²) in [5.41, 5.74) is 7.53. The summed E-state index contributed by atoms with van der Waals surface area (Å²) in [6.07, 6.45) is 3.26. The van der Waals surface area contributed by atoms with Gasteiger partial charge in [0.05, 0.1) is 39.0 Å². The molecule has 0 spiro atoms. The molecule has 10 nitrogen and oxygen atoms in total. The van der Waals surface area contributed by atoms with Crippen molar-refractivity contribution >= 4 is 49.1 Å². The van der Waals surface area contributed by atoms with Gasteiger partial charge in [0.1, 0.15) is 35.5 Å². The highest BCUT2D eigenvalue weighted by Crippen LogP contribution is 2.44. The molecule has 3 fully saturated rings. The number of nitriles is 2. The molecule has 0 saturated carbocycles. The molecule has 13 heteroatoms. The van der Waals surface area contributed by atoms with Crippen LogP contribution in [0.3, 0.4) is 0 Å². The molecule has 2 aromatic heterocycles. The van der Waals surface area contributed by atoms with E-state index in [1.807, 2.05) is 18.9 Å². The van der Waals surface area contributed by atoms with Gasteiger partial charge in [-0.2, -0.15) is 20.5 Å². The molecule has 4 atom stereocenters. The molecule has 0 bridgehead atoms. The fourth-order valence-electron chi connectivity index (χ4n) is 7.99. The van der Waals surface area contributed by atoms with E-state index in [4.69, 9.17) is 20.4 Å². The van der Waals surface area contributed by atoms with Crippen molar-refractivity contribution in [3.8, 4) is 29.3 Å². The first-order valence-electron chi connectivity index (χ1n) is 15.9. The highest BCUT2D eigenvalue weighted by molar-refractivity contribution is 7.23. The molecule has 0 aliphatic carbocycles. The number of anilines is 2. The van der Waals surface area contributed by atoms with Crippen LogP contribution in [-0.4, -0.2) is 82.8 Å². The number of hydrogen-bond acceptors (Lipinski definition) is 10. The lowest BCUT2D eigenvalue weighted by atomic mass is 9.94. The minimum absolute atomic E-state index is 0.106. The molecule has 7 rings (SSSR count). The summed E-state index contributed by atoms with van der Waals surface area (Å²) in [7, 11) is 1.90. The number of aromatic nitrogens is 2. The third kappa shape index (κ3) is 5.00.